The zero-order valence-electron chi connectivity index (χ0n) is 9.34. The van der Waals surface area contributed by atoms with E-state index in [1.54, 1.807) is 12.4 Å². The summed E-state index contributed by atoms with van der Waals surface area (Å²) in [5, 5.41) is 5.09. The molecule has 0 bridgehead atoms. The summed E-state index contributed by atoms with van der Waals surface area (Å²) in [5.74, 6) is -0.138. The van der Waals surface area contributed by atoms with Gasteiger partial charge in [-0.2, -0.15) is 4.39 Å². The smallest absolute Gasteiger partial charge is 0.218 e. The first-order valence-corrected chi connectivity index (χ1v) is 5.40. The number of pyridine rings is 1. The molecule has 4 nitrogen and oxygen atoms in total. The van der Waals surface area contributed by atoms with Crippen molar-refractivity contribution in [3.8, 4) is 0 Å². The minimum atomic E-state index is -0.561. The van der Waals surface area contributed by atoms with Crippen LogP contribution in [0.4, 0.5) is 15.9 Å². The fraction of sp³-hybridized carbons (Fsp3) is 0. The molecule has 3 aromatic rings. The number of nitrogens with zero attached hydrogens (tertiary/aromatic N) is 3. The van der Waals surface area contributed by atoms with Gasteiger partial charge in [0.2, 0.25) is 5.95 Å². The van der Waals surface area contributed by atoms with Crippen LogP contribution in [0.2, 0.25) is 0 Å². The standard InChI is InChI=1S/C13H9FN4/c14-12-6-13(17-8-16-12)18-11-3-1-2-9-7-15-5-4-10(9)11/h1-8H,(H,16,17,18). The van der Waals surface area contributed by atoms with E-state index in [1.807, 2.05) is 24.3 Å². The second-order valence-corrected chi connectivity index (χ2v) is 3.75. The Kier molecular flexibility index (Phi) is 2.57. The van der Waals surface area contributed by atoms with E-state index in [1.165, 1.54) is 12.4 Å². The largest absolute Gasteiger partial charge is 0.340 e. The van der Waals surface area contributed by atoms with Crippen molar-refractivity contribution in [1.29, 1.82) is 0 Å². The zero-order valence-corrected chi connectivity index (χ0v) is 9.34. The Labute approximate surface area is 103 Å². The van der Waals surface area contributed by atoms with Crippen molar-refractivity contribution in [2.45, 2.75) is 0 Å². The molecule has 3 rings (SSSR count). The number of nitrogens with one attached hydrogen (secondary N) is 1. The number of hydrogen-bond donors (Lipinski definition) is 1. The van der Waals surface area contributed by atoms with Crippen LogP contribution in [0, 0.1) is 5.95 Å². The molecule has 2 aromatic heterocycles. The topological polar surface area (TPSA) is 50.7 Å². The molecule has 88 valence electrons. The summed E-state index contributed by atoms with van der Waals surface area (Å²) in [5.41, 5.74) is 0.855. The van der Waals surface area contributed by atoms with Crippen LogP contribution in [0.1, 0.15) is 0 Å². The molecule has 0 spiro atoms. The van der Waals surface area contributed by atoms with Crippen LogP contribution in [0.5, 0.6) is 0 Å². The fourth-order valence-electron chi connectivity index (χ4n) is 1.77. The van der Waals surface area contributed by atoms with E-state index in [4.69, 9.17) is 0 Å². The fourth-order valence-corrected chi connectivity index (χ4v) is 1.77. The van der Waals surface area contributed by atoms with Crippen LogP contribution >= 0.6 is 0 Å². The van der Waals surface area contributed by atoms with Crippen molar-refractivity contribution >= 4 is 22.3 Å². The third-order valence-electron chi connectivity index (χ3n) is 2.58. The Balaban J connectivity index is 2.05. The molecule has 0 atom stereocenters. The molecular weight excluding hydrogens is 231 g/mol. The summed E-state index contributed by atoms with van der Waals surface area (Å²) in [4.78, 5) is 11.4. The summed E-state index contributed by atoms with van der Waals surface area (Å²) in [6.45, 7) is 0. The van der Waals surface area contributed by atoms with Gasteiger partial charge in [-0.15, -0.1) is 0 Å². The second kappa shape index (κ2) is 4.37. The van der Waals surface area contributed by atoms with Crippen molar-refractivity contribution in [2.24, 2.45) is 0 Å². The second-order valence-electron chi connectivity index (χ2n) is 3.75. The highest BCUT2D eigenvalue weighted by molar-refractivity contribution is 5.94. The highest BCUT2D eigenvalue weighted by Gasteiger charge is 2.02. The van der Waals surface area contributed by atoms with Crippen molar-refractivity contribution in [3.05, 3.63) is 55.0 Å². The molecule has 0 saturated heterocycles. The van der Waals surface area contributed by atoms with Gasteiger partial charge in [0.05, 0.1) is 0 Å². The van der Waals surface area contributed by atoms with Crippen LogP contribution in [0.15, 0.2) is 49.1 Å². The number of rotatable bonds is 2. The van der Waals surface area contributed by atoms with Crippen LogP contribution in [-0.4, -0.2) is 15.0 Å². The summed E-state index contributed by atoms with van der Waals surface area (Å²) >= 11 is 0. The van der Waals surface area contributed by atoms with Gasteiger partial charge in [0.25, 0.3) is 0 Å². The van der Waals surface area contributed by atoms with Gasteiger partial charge in [0, 0.05) is 34.9 Å². The first-order valence-electron chi connectivity index (χ1n) is 5.40. The van der Waals surface area contributed by atoms with Crippen LogP contribution in [0.3, 0.4) is 0 Å². The molecule has 0 aliphatic heterocycles. The van der Waals surface area contributed by atoms with E-state index in [-0.39, 0.29) is 0 Å². The predicted octanol–water partition coefficient (Wildman–Crippen LogP) is 2.91. The van der Waals surface area contributed by atoms with Crippen molar-refractivity contribution in [3.63, 3.8) is 0 Å². The van der Waals surface area contributed by atoms with Gasteiger partial charge in [-0.05, 0) is 12.1 Å². The van der Waals surface area contributed by atoms with Crippen molar-refractivity contribution in [2.75, 3.05) is 5.32 Å². The quantitative estimate of drug-likeness (QED) is 0.700. The van der Waals surface area contributed by atoms with Crippen LogP contribution in [-0.2, 0) is 0 Å². The van der Waals surface area contributed by atoms with Crippen molar-refractivity contribution in [1.82, 2.24) is 15.0 Å². The number of hydrogen-bond acceptors (Lipinski definition) is 4. The summed E-state index contributed by atoms with van der Waals surface area (Å²) in [6.07, 6.45) is 4.68. The van der Waals surface area contributed by atoms with E-state index in [0.29, 0.717) is 5.82 Å². The third-order valence-corrected chi connectivity index (χ3v) is 2.58. The average Bonchev–Trinajstić information content (AvgIpc) is 2.39. The Hall–Kier alpha value is -2.56. The highest BCUT2D eigenvalue weighted by atomic mass is 19.1. The number of halogens is 1. The molecule has 0 aliphatic carbocycles. The number of aromatic nitrogens is 3. The normalized spacial score (nSPS) is 10.5. The van der Waals surface area contributed by atoms with Gasteiger partial charge in [-0.25, -0.2) is 9.97 Å². The monoisotopic (exact) mass is 240 g/mol. The Bertz CT molecular complexity index is 694. The van der Waals surface area contributed by atoms with E-state index < -0.39 is 5.95 Å². The lowest BCUT2D eigenvalue weighted by molar-refractivity contribution is 0.580. The van der Waals surface area contributed by atoms with Gasteiger partial charge in [-0.3, -0.25) is 4.98 Å². The molecule has 1 aromatic carbocycles. The zero-order chi connectivity index (χ0) is 12.4. The van der Waals surface area contributed by atoms with Gasteiger partial charge < -0.3 is 5.32 Å². The van der Waals surface area contributed by atoms with Crippen LogP contribution in [0.25, 0.3) is 10.8 Å². The predicted molar refractivity (Wildman–Crippen MR) is 67.0 cm³/mol. The average molecular weight is 240 g/mol. The van der Waals surface area contributed by atoms with E-state index in [0.717, 1.165) is 16.5 Å². The molecule has 5 heteroatoms. The highest BCUT2D eigenvalue weighted by Crippen LogP contribution is 2.24. The number of anilines is 2. The van der Waals surface area contributed by atoms with E-state index in [2.05, 4.69) is 20.3 Å². The maximum Gasteiger partial charge on any atom is 0.218 e. The van der Waals surface area contributed by atoms with E-state index >= 15 is 0 Å². The summed E-state index contributed by atoms with van der Waals surface area (Å²) in [7, 11) is 0. The molecule has 0 unspecified atom stereocenters. The first kappa shape index (κ1) is 10.6. The molecule has 0 aliphatic rings. The van der Waals surface area contributed by atoms with Gasteiger partial charge in [-0.1, -0.05) is 12.1 Å². The minimum Gasteiger partial charge on any atom is -0.340 e. The Morgan fingerprint density at radius 3 is 2.94 bits per heavy atom. The molecule has 0 fully saturated rings. The van der Waals surface area contributed by atoms with Gasteiger partial charge >= 0.3 is 0 Å². The SMILES string of the molecule is Fc1cc(Nc2cccc3cnccc23)ncn1. The van der Waals surface area contributed by atoms with E-state index in [9.17, 15) is 4.39 Å². The maximum absolute atomic E-state index is 13.0. The molecular formula is C13H9FN4. The first-order chi connectivity index (χ1) is 8.83. The number of benzene rings is 1. The lowest BCUT2D eigenvalue weighted by Gasteiger charge is -2.08. The minimum absolute atomic E-state index is 0.423. The summed E-state index contributed by atoms with van der Waals surface area (Å²) < 4.78 is 13.0. The van der Waals surface area contributed by atoms with Gasteiger partial charge in [0.1, 0.15) is 12.1 Å². The number of fused-ring (bicyclic) bond motifs is 1. The summed E-state index contributed by atoms with van der Waals surface area (Å²) in [6, 6.07) is 8.93. The molecule has 0 saturated carbocycles. The molecule has 0 radical (unpaired) electrons. The lowest BCUT2D eigenvalue weighted by Crippen LogP contribution is -1.96. The molecule has 18 heavy (non-hydrogen) atoms. The maximum atomic E-state index is 13.0. The molecule has 2 heterocycles. The molecule has 0 amide bonds. The molecule has 1 N–H and O–H groups in total. The van der Waals surface area contributed by atoms with Crippen LogP contribution < -0.4 is 5.32 Å². The lowest BCUT2D eigenvalue weighted by atomic mass is 10.1. The van der Waals surface area contributed by atoms with Crippen molar-refractivity contribution < 1.29 is 4.39 Å². The van der Waals surface area contributed by atoms with Gasteiger partial charge in [0.15, 0.2) is 0 Å². The third kappa shape index (κ3) is 1.98. The Morgan fingerprint density at radius 2 is 2.06 bits per heavy atom. The Morgan fingerprint density at radius 1 is 1.11 bits per heavy atom.